The van der Waals surface area contributed by atoms with Gasteiger partial charge in [-0.05, 0) is 41.4 Å². The maximum atomic E-state index is 13.2. The van der Waals surface area contributed by atoms with Crippen molar-refractivity contribution in [1.29, 1.82) is 0 Å². The van der Waals surface area contributed by atoms with Crippen molar-refractivity contribution in [3.05, 3.63) is 41.2 Å². The quantitative estimate of drug-likeness (QED) is 0.656. The van der Waals surface area contributed by atoms with Gasteiger partial charge in [-0.25, -0.2) is 0 Å². The molecule has 5 heteroatoms. The first-order valence-corrected chi connectivity index (χ1v) is 11.3. The average Bonchev–Trinajstić information content (AvgIpc) is 2.62. The molecule has 0 aliphatic heterocycles. The first-order valence-electron chi connectivity index (χ1n) is 11.3. The highest BCUT2D eigenvalue weighted by molar-refractivity contribution is 6.00. The molecule has 0 unspecified atom stereocenters. The van der Waals surface area contributed by atoms with Gasteiger partial charge >= 0.3 is 0 Å². The van der Waals surface area contributed by atoms with Crippen LogP contribution in [0.25, 0.3) is 0 Å². The molecule has 3 atom stereocenters. The number of ketones is 2. The highest BCUT2D eigenvalue weighted by atomic mass is 16.5. The van der Waals surface area contributed by atoms with E-state index in [0.717, 1.165) is 17.7 Å². The molecular formula is C26H36O5. The Morgan fingerprint density at radius 2 is 1.68 bits per heavy atom. The summed E-state index contributed by atoms with van der Waals surface area (Å²) < 4.78 is 5.68. The van der Waals surface area contributed by atoms with E-state index in [1.165, 1.54) is 0 Å². The molecule has 170 valence electrons. The average molecular weight is 429 g/mol. The Bertz CT molecular complexity index is 862. The molecule has 0 amide bonds. The molecule has 1 fully saturated rings. The first-order chi connectivity index (χ1) is 14.4. The Hall–Kier alpha value is -2.14. The molecule has 2 aliphatic rings. The van der Waals surface area contributed by atoms with Gasteiger partial charge < -0.3 is 14.9 Å². The molecule has 5 nitrogen and oxygen atoms in total. The maximum absolute atomic E-state index is 13.2. The monoisotopic (exact) mass is 428 g/mol. The molecule has 0 radical (unpaired) electrons. The van der Waals surface area contributed by atoms with Crippen LogP contribution in [0.1, 0.15) is 78.2 Å². The van der Waals surface area contributed by atoms with E-state index in [1.807, 2.05) is 58.9 Å². The van der Waals surface area contributed by atoms with Gasteiger partial charge in [-0.3, -0.25) is 9.59 Å². The molecule has 0 spiro atoms. The number of rotatable bonds is 6. The zero-order chi connectivity index (χ0) is 23.0. The first kappa shape index (κ1) is 23.5. The summed E-state index contributed by atoms with van der Waals surface area (Å²) in [5, 5.41) is 21.9. The van der Waals surface area contributed by atoms with Crippen molar-refractivity contribution >= 4 is 11.6 Å². The van der Waals surface area contributed by atoms with Crippen molar-refractivity contribution in [2.75, 3.05) is 6.61 Å². The second-order valence-electron chi connectivity index (χ2n) is 10.8. The highest BCUT2D eigenvalue weighted by Gasteiger charge is 2.48. The van der Waals surface area contributed by atoms with Crippen molar-refractivity contribution in [1.82, 2.24) is 0 Å². The van der Waals surface area contributed by atoms with Crippen molar-refractivity contribution in [2.45, 2.75) is 78.7 Å². The van der Waals surface area contributed by atoms with Gasteiger partial charge in [0.05, 0.1) is 18.6 Å². The van der Waals surface area contributed by atoms with Crippen LogP contribution in [0.5, 0.6) is 5.75 Å². The third-order valence-corrected chi connectivity index (χ3v) is 6.48. The van der Waals surface area contributed by atoms with Crippen molar-refractivity contribution in [3.63, 3.8) is 0 Å². The maximum Gasteiger partial charge on any atom is 0.163 e. The van der Waals surface area contributed by atoms with Crippen LogP contribution in [-0.4, -0.2) is 34.5 Å². The Morgan fingerprint density at radius 1 is 1.03 bits per heavy atom. The van der Waals surface area contributed by atoms with Gasteiger partial charge in [0.2, 0.25) is 0 Å². The lowest BCUT2D eigenvalue weighted by molar-refractivity contribution is -0.135. The molecule has 2 N–H and O–H groups in total. The Morgan fingerprint density at radius 3 is 2.23 bits per heavy atom. The van der Waals surface area contributed by atoms with Crippen LogP contribution < -0.4 is 4.74 Å². The van der Waals surface area contributed by atoms with E-state index < -0.39 is 17.9 Å². The van der Waals surface area contributed by atoms with Crippen LogP contribution in [0.2, 0.25) is 0 Å². The molecule has 0 heterocycles. The van der Waals surface area contributed by atoms with Gasteiger partial charge in [0.15, 0.2) is 5.78 Å². The van der Waals surface area contributed by atoms with Crippen molar-refractivity contribution in [3.8, 4) is 5.75 Å². The number of hydrogen-bond acceptors (Lipinski definition) is 5. The van der Waals surface area contributed by atoms with Crippen LogP contribution in [-0.2, 0) is 9.59 Å². The topological polar surface area (TPSA) is 83.8 Å². The summed E-state index contributed by atoms with van der Waals surface area (Å²) >= 11 is 0. The largest absolute Gasteiger partial charge is 0.512 e. The van der Waals surface area contributed by atoms with Gasteiger partial charge in [0.25, 0.3) is 0 Å². The summed E-state index contributed by atoms with van der Waals surface area (Å²) in [6.07, 6.45) is 1.53. The van der Waals surface area contributed by atoms with Crippen LogP contribution in [0.15, 0.2) is 35.6 Å². The lowest BCUT2D eigenvalue weighted by Crippen LogP contribution is -2.45. The number of benzene rings is 1. The number of aliphatic hydroxyl groups excluding tert-OH is 2. The predicted molar refractivity (Wildman–Crippen MR) is 120 cm³/mol. The number of hydrogen-bond donors (Lipinski definition) is 2. The molecule has 31 heavy (non-hydrogen) atoms. The van der Waals surface area contributed by atoms with E-state index in [2.05, 4.69) is 0 Å². The fourth-order valence-corrected chi connectivity index (χ4v) is 5.18. The van der Waals surface area contributed by atoms with Gasteiger partial charge in [0.1, 0.15) is 17.3 Å². The highest BCUT2D eigenvalue weighted by Crippen LogP contribution is 2.48. The van der Waals surface area contributed by atoms with Crippen LogP contribution in [0.4, 0.5) is 0 Å². The smallest absolute Gasteiger partial charge is 0.163 e. The Kier molecular flexibility index (Phi) is 6.66. The molecule has 0 saturated heterocycles. The van der Waals surface area contributed by atoms with Crippen LogP contribution >= 0.6 is 0 Å². The van der Waals surface area contributed by atoms with E-state index >= 15 is 0 Å². The van der Waals surface area contributed by atoms with E-state index in [-0.39, 0.29) is 28.2 Å². The summed E-state index contributed by atoms with van der Waals surface area (Å²) in [6.45, 7) is 10.5. The fourth-order valence-electron chi connectivity index (χ4n) is 5.18. The summed E-state index contributed by atoms with van der Waals surface area (Å²) in [4.78, 5) is 26.4. The standard InChI is InChI=1S/C26H36O5/c1-6-11-31-17-9-7-16(8-10-17)22(23-18(27)12-25(2,3)13-19(23)28)24-20(29)14-26(4,5)15-21(24)30/h7-10,18,22-23,27,29H,6,11-15H2,1-5H3/t18-,22-,23+/m1/s1. The third kappa shape index (κ3) is 5.20. The zero-order valence-corrected chi connectivity index (χ0v) is 19.4. The van der Waals surface area contributed by atoms with Crippen LogP contribution in [0.3, 0.4) is 0 Å². The summed E-state index contributed by atoms with van der Waals surface area (Å²) in [5.74, 6) is -0.856. The molecule has 0 aromatic heterocycles. The van der Waals surface area contributed by atoms with Gasteiger partial charge in [-0.2, -0.15) is 0 Å². The number of ether oxygens (including phenoxy) is 1. The van der Waals surface area contributed by atoms with Gasteiger partial charge in [0, 0.05) is 30.8 Å². The minimum absolute atomic E-state index is 0.0439. The molecular weight excluding hydrogens is 392 g/mol. The van der Waals surface area contributed by atoms with Crippen molar-refractivity contribution < 1.29 is 24.5 Å². The third-order valence-electron chi connectivity index (χ3n) is 6.48. The van der Waals surface area contributed by atoms with E-state index in [9.17, 15) is 19.8 Å². The number of carbonyl (C=O) groups excluding carboxylic acids is 2. The van der Waals surface area contributed by atoms with E-state index in [1.54, 1.807) is 0 Å². The molecule has 1 aromatic carbocycles. The Balaban J connectivity index is 2.07. The number of allylic oxidation sites excluding steroid dienone is 2. The van der Waals surface area contributed by atoms with Gasteiger partial charge in [-0.15, -0.1) is 0 Å². The van der Waals surface area contributed by atoms with Crippen molar-refractivity contribution in [2.24, 2.45) is 16.7 Å². The molecule has 0 bridgehead atoms. The van der Waals surface area contributed by atoms with E-state index in [4.69, 9.17) is 4.74 Å². The SMILES string of the molecule is CCCOc1ccc([C@@H](C2=C(O)CC(C)(C)CC2=O)[C@@H]2C(=O)CC(C)(C)C[C@H]2O)cc1. The predicted octanol–water partition coefficient (Wildman–Crippen LogP) is 5.13. The second-order valence-corrected chi connectivity index (χ2v) is 10.8. The van der Waals surface area contributed by atoms with Crippen LogP contribution in [0, 0.1) is 16.7 Å². The fraction of sp³-hybridized carbons (Fsp3) is 0.615. The normalized spacial score (nSPS) is 26.6. The minimum Gasteiger partial charge on any atom is -0.512 e. The minimum atomic E-state index is -0.875. The summed E-state index contributed by atoms with van der Waals surface area (Å²) in [6, 6.07) is 7.36. The molecule has 2 aliphatic carbocycles. The molecule has 1 saturated carbocycles. The lowest BCUT2D eigenvalue weighted by atomic mass is 9.62. The zero-order valence-electron chi connectivity index (χ0n) is 19.4. The lowest BCUT2D eigenvalue weighted by Gasteiger charge is -2.42. The molecule has 3 rings (SSSR count). The Labute approximate surface area is 185 Å². The number of aliphatic hydroxyl groups is 2. The summed E-state index contributed by atoms with van der Waals surface area (Å²) in [5.41, 5.74) is 0.420. The number of carbonyl (C=O) groups is 2. The summed E-state index contributed by atoms with van der Waals surface area (Å²) in [7, 11) is 0. The van der Waals surface area contributed by atoms with Gasteiger partial charge in [-0.1, -0.05) is 46.8 Å². The molecule has 1 aromatic rings. The number of Topliss-reactive ketones (excluding diaryl/α,β-unsaturated/α-hetero) is 2. The van der Waals surface area contributed by atoms with E-state index in [0.29, 0.717) is 37.9 Å². The second kappa shape index (κ2) is 8.78.